The second kappa shape index (κ2) is 10.2. The van der Waals surface area contributed by atoms with E-state index in [9.17, 15) is 9.59 Å². The highest BCUT2D eigenvalue weighted by Gasteiger charge is 2.05. The van der Waals surface area contributed by atoms with Crippen molar-refractivity contribution in [2.45, 2.75) is 27.2 Å². The van der Waals surface area contributed by atoms with E-state index < -0.39 is 0 Å². The lowest BCUT2D eigenvalue weighted by atomic mass is 10.2. The quantitative estimate of drug-likeness (QED) is 0.627. The van der Waals surface area contributed by atoms with Gasteiger partial charge in [0.2, 0.25) is 11.8 Å². The second-order valence-corrected chi connectivity index (χ2v) is 6.21. The van der Waals surface area contributed by atoms with Crippen LogP contribution in [0.5, 0.6) is 0 Å². The highest BCUT2D eigenvalue weighted by molar-refractivity contribution is 5.93. The molecule has 3 N–H and O–H groups in total. The molecule has 0 aliphatic heterocycles. The molecule has 0 aliphatic rings. The number of carbonyl (C=O) groups is 2. The van der Waals surface area contributed by atoms with Crippen LogP contribution in [0.1, 0.15) is 27.2 Å². The molecule has 0 bridgehead atoms. The summed E-state index contributed by atoms with van der Waals surface area (Å²) in [5, 5.41) is 8.81. The number of benzene rings is 2. The lowest BCUT2D eigenvalue weighted by molar-refractivity contribution is -0.116. The van der Waals surface area contributed by atoms with Crippen molar-refractivity contribution in [3.05, 3.63) is 48.5 Å². The van der Waals surface area contributed by atoms with E-state index in [-0.39, 0.29) is 11.8 Å². The first kappa shape index (κ1) is 20.3. The van der Waals surface area contributed by atoms with Crippen LogP contribution in [0.15, 0.2) is 48.5 Å². The summed E-state index contributed by atoms with van der Waals surface area (Å²) in [7, 11) is 0. The maximum absolute atomic E-state index is 12.1. The van der Waals surface area contributed by atoms with Crippen LogP contribution in [-0.4, -0.2) is 31.4 Å². The van der Waals surface area contributed by atoms with Gasteiger partial charge in [0, 0.05) is 55.7 Å². The van der Waals surface area contributed by atoms with E-state index in [1.807, 2.05) is 12.1 Å². The molecule has 0 heterocycles. The molecule has 2 rings (SSSR count). The summed E-state index contributed by atoms with van der Waals surface area (Å²) in [5.41, 5.74) is 3.51. The molecule has 0 aromatic heterocycles. The number of hydrogen-bond acceptors (Lipinski definition) is 4. The molecule has 0 aliphatic carbocycles. The molecule has 0 saturated heterocycles. The third-order valence-electron chi connectivity index (χ3n) is 4.14. The van der Waals surface area contributed by atoms with Crippen molar-refractivity contribution in [2.24, 2.45) is 0 Å². The van der Waals surface area contributed by atoms with Crippen molar-refractivity contribution in [1.82, 2.24) is 0 Å². The topological polar surface area (TPSA) is 73.5 Å². The van der Waals surface area contributed by atoms with Gasteiger partial charge >= 0.3 is 0 Å². The first-order valence-electron chi connectivity index (χ1n) is 9.28. The standard InChI is InChI=1S/C21H28N4O2/c1-4-25(5-2)20-11-9-17(10-12-20)22-14-13-21(27)24-19-8-6-7-18(15-19)23-16(3)26/h6-12,15,22H,4-5,13-14H2,1-3H3,(H,23,26)(H,24,27). The van der Waals surface area contributed by atoms with Crippen LogP contribution in [0, 0.1) is 0 Å². The van der Waals surface area contributed by atoms with Gasteiger partial charge in [0.15, 0.2) is 0 Å². The Balaban J connectivity index is 1.80. The summed E-state index contributed by atoms with van der Waals surface area (Å²) in [6, 6.07) is 15.3. The minimum absolute atomic E-state index is 0.0813. The highest BCUT2D eigenvalue weighted by Crippen LogP contribution is 2.18. The Hall–Kier alpha value is -3.02. The lowest BCUT2D eigenvalue weighted by Crippen LogP contribution is -2.21. The predicted molar refractivity (Wildman–Crippen MR) is 112 cm³/mol. The molecular formula is C21H28N4O2. The molecule has 144 valence electrons. The summed E-state index contributed by atoms with van der Waals surface area (Å²) in [6.07, 6.45) is 0.349. The number of hydrogen-bond donors (Lipinski definition) is 3. The largest absolute Gasteiger partial charge is 0.385 e. The van der Waals surface area contributed by atoms with E-state index in [1.54, 1.807) is 24.3 Å². The zero-order valence-electron chi connectivity index (χ0n) is 16.2. The summed E-state index contributed by atoms with van der Waals surface area (Å²) in [6.45, 7) is 8.23. The first-order valence-corrected chi connectivity index (χ1v) is 9.28. The van der Waals surface area contributed by atoms with Crippen LogP contribution in [0.4, 0.5) is 22.7 Å². The molecule has 6 nitrogen and oxygen atoms in total. The van der Waals surface area contributed by atoms with Gasteiger partial charge in [-0.25, -0.2) is 0 Å². The second-order valence-electron chi connectivity index (χ2n) is 6.21. The minimum Gasteiger partial charge on any atom is -0.385 e. The Labute approximate surface area is 161 Å². The van der Waals surface area contributed by atoms with Gasteiger partial charge in [0.05, 0.1) is 0 Å². The van der Waals surface area contributed by atoms with Crippen molar-refractivity contribution >= 4 is 34.6 Å². The number of carbonyl (C=O) groups excluding carboxylic acids is 2. The number of nitrogens with one attached hydrogen (secondary N) is 3. The highest BCUT2D eigenvalue weighted by atomic mass is 16.2. The van der Waals surface area contributed by atoms with Crippen molar-refractivity contribution in [1.29, 1.82) is 0 Å². The average molecular weight is 368 g/mol. The predicted octanol–water partition coefficient (Wildman–Crippen LogP) is 3.93. The Morgan fingerprint density at radius 1 is 0.889 bits per heavy atom. The van der Waals surface area contributed by atoms with Crippen LogP contribution >= 0.6 is 0 Å². The van der Waals surface area contributed by atoms with E-state index in [1.165, 1.54) is 12.6 Å². The van der Waals surface area contributed by atoms with Crippen LogP contribution in [0.3, 0.4) is 0 Å². The van der Waals surface area contributed by atoms with Crippen molar-refractivity contribution < 1.29 is 9.59 Å². The number of nitrogens with zero attached hydrogens (tertiary/aromatic N) is 1. The van der Waals surface area contributed by atoms with E-state index in [4.69, 9.17) is 0 Å². The van der Waals surface area contributed by atoms with Crippen LogP contribution in [-0.2, 0) is 9.59 Å². The number of rotatable bonds is 9. The summed E-state index contributed by atoms with van der Waals surface area (Å²) in [5.74, 6) is -0.225. The number of anilines is 4. The molecule has 2 amide bonds. The van der Waals surface area contributed by atoms with Crippen LogP contribution < -0.4 is 20.9 Å². The fraction of sp³-hybridized carbons (Fsp3) is 0.333. The van der Waals surface area contributed by atoms with E-state index in [2.05, 4.69) is 46.8 Å². The Morgan fingerprint density at radius 3 is 2.11 bits per heavy atom. The maximum atomic E-state index is 12.1. The van der Waals surface area contributed by atoms with Gasteiger partial charge in [-0.1, -0.05) is 6.07 Å². The minimum atomic E-state index is -0.144. The van der Waals surface area contributed by atoms with E-state index in [0.29, 0.717) is 24.3 Å². The Bertz CT molecular complexity index is 755. The van der Waals surface area contributed by atoms with Gasteiger partial charge in [-0.2, -0.15) is 0 Å². The van der Waals surface area contributed by atoms with Crippen LogP contribution in [0.25, 0.3) is 0 Å². The fourth-order valence-corrected chi connectivity index (χ4v) is 2.80. The van der Waals surface area contributed by atoms with Gasteiger partial charge < -0.3 is 20.9 Å². The zero-order valence-corrected chi connectivity index (χ0v) is 16.2. The van der Waals surface area contributed by atoms with E-state index >= 15 is 0 Å². The molecule has 0 spiro atoms. The average Bonchev–Trinajstić information content (AvgIpc) is 2.64. The molecule has 0 unspecified atom stereocenters. The normalized spacial score (nSPS) is 10.2. The van der Waals surface area contributed by atoms with Crippen LogP contribution in [0.2, 0.25) is 0 Å². The summed E-state index contributed by atoms with van der Waals surface area (Å²) >= 11 is 0. The third-order valence-corrected chi connectivity index (χ3v) is 4.14. The third kappa shape index (κ3) is 6.66. The maximum Gasteiger partial charge on any atom is 0.226 e. The monoisotopic (exact) mass is 368 g/mol. The summed E-state index contributed by atoms with van der Waals surface area (Å²) in [4.78, 5) is 25.5. The Morgan fingerprint density at radius 2 is 1.52 bits per heavy atom. The fourth-order valence-electron chi connectivity index (χ4n) is 2.80. The van der Waals surface area contributed by atoms with Crippen molar-refractivity contribution in [3.63, 3.8) is 0 Å². The molecule has 27 heavy (non-hydrogen) atoms. The molecule has 0 radical (unpaired) electrons. The number of amides is 2. The molecule has 0 atom stereocenters. The van der Waals surface area contributed by atoms with E-state index in [0.717, 1.165) is 18.8 Å². The zero-order chi connectivity index (χ0) is 19.6. The SMILES string of the molecule is CCN(CC)c1ccc(NCCC(=O)Nc2cccc(NC(C)=O)c2)cc1. The van der Waals surface area contributed by atoms with Gasteiger partial charge in [-0.15, -0.1) is 0 Å². The van der Waals surface area contributed by atoms with Gasteiger partial charge in [-0.3, -0.25) is 9.59 Å². The molecule has 0 fully saturated rings. The molecule has 6 heteroatoms. The molecule has 2 aromatic carbocycles. The first-order chi connectivity index (χ1) is 13.0. The molecular weight excluding hydrogens is 340 g/mol. The smallest absolute Gasteiger partial charge is 0.226 e. The Kier molecular flexibility index (Phi) is 7.67. The van der Waals surface area contributed by atoms with Crippen molar-refractivity contribution in [3.8, 4) is 0 Å². The molecule has 0 saturated carbocycles. The molecule has 2 aromatic rings. The van der Waals surface area contributed by atoms with Crippen molar-refractivity contribution in [2.75, 3.05) is 40.5 Å². The van der Waals surface area contributed by atoms with Gasteiger partial charge in [0.1, 0.15) is 0 Å². The van der Waals surface area contributed by atoms with Gasteiger partial charge in [0.25, 0.3) is 0 Å². The lowest BCUT2D eigenvalue weighted by Gasteiger charge is -2.21. The summed E-state index contributed by atoms with van der Waals surface area (Å²) < 4.78 is 0. The van der Waals surface area contributed by atoms with Gasteiger partial charge in [-0.05, 0) is 56.3 Å².